The van der Waals surface area contributed by atoms with E-state index in [0.717, 1.165) is 12.8 Å². The van der Waals surface area contributed by atoms with E-state index in [-0.39, 0.29) is 16.1 Å². The third-order valence-corrected chi connectivity index (χ3v) is 3.77. The molecule has 0 radical (unpaired) electrons. The van der Waals surface area contributed by atoms with Crippen LogP contribution in [-0.4, -0.2) is 16.1 Å². The summed E-state index contributed by atoms with van der Waals surface area (Å²) >= 11 is 17.9. The molecule has 0 heterocycles. The number of hydrogen-bond acceptors (Lipinski definition) is 0. The molecule has 0 nitrogen and oxygen atoms in total. The predicted molar refractivity (Wildman–Crippen MR) is 58.7 cm³/mol. The van der Waals surface area contributed by atoms with Crippen molar-refractivity contribution in [2.75, 3.05) is 0 Å². The Kier molecular flexibility index (Phi) is 6.80. The third kappa shape index (κ3) is 4.79. The summed E-state index contributed by atoms with van der Waals surface area (Å²) in [7, 11) is 0. The molecule has 0 rings (SSSR count). The Hall–Kier alpha value is 0.870. The Morgan fingerprint density at radius 1 is 1.08 bits per heavy atom. The van der Waals surface area contributed by atoms with Gasteiger partial charge in [0.25, 0.3) is 0 Å². The summed E-state index contributed by atoms with van der Waals surface area (Å²) in [6.45, 7) is 6.21. The normalized spacial score (nSPS) is 21.5. The van der Waals surface area contributed by atoms with E-state index in [9.17, 15) is 0 Å². The first kappa shape index (κ1) is 12.9. The van der Waals surface area contributed by atoms with Crippen LogP contribution in [0, 0.1) is 5.92 Å². The van der Waals surface area contributed by atoms with Gasteiger partial charge in [-0.15, -0.1) is 34.8 Å². The van der Waals surface area contributed by atoms with Crippen molar-refractivity contribution >= 4 is 34.8 Å². The quantitative estimate of drug-likeness (QED) is 0.620. The highest BCUT2D eigenvalue weighted by Gasteiger charge is 2.22. The molecule has 0 aromatic heterocycles. The fourth-order valence-electron chi connectivity index (χ4n) is 0.969. The van der Waals surface area contributed by atoms with Crippen LogP contribution in [-0.2, 0) is 0 Å². The standard InChI is InChI=1S/C9H17Cl3/c1-4-6(2)5-8(11)9(12)7(3)10/h6-9H,4-5H2,1-3H3/t6-,7-,8?,9?/m0/s1. The second-order valence-electron chi connectivity index (χ2n) is 3.39. The lowest BCUT2D eigenvalue weighted by atomic mass is 10.0. The van der Waals surface area contributed by atoms with E-state index in [4.69, 9.17) is 34.8 Å². The van der Waals surface area contributed by atoms with E-state index in [2.05, 4.69) is 13.8 Å². The Balaban J connectivity index is 3.78. The van der Waals surface area contributed by atoms with Gasteiger partial charge >= 0.3 is 0 Å². The molecule has 0 aromatic rings. The van der Waals surface area contributed by atoms with Crippen molar-refractivity contribution in [3.8, 4) is 0 Å². The maximum Gasteiger partial charge on any atom is 0.0660 e. The van der Waals surface area contributed by atoms with Crippen LogP contribution >= 0.6 is 34.8 Å². The first-order chi connectivity index (χ1) is 5.49. The lowest BCUT2D eigenvalue weighted by Gasteiger charge is -2.20. The Bertz CT molecular complexity index is 114. The highest BCUT2D eigenvalue weighted by atomic mass is 35.5. The number of rotatable bonds is 5. The zero-order valence-electron chi connectivity index (χ0n) is 7.86. The van der Waals surface area contributed by atoms with Gasteiger partial charge in [0.2, 0.25) is 0 Å². The molecular weight excluding hydrogens is 214 g/mol. The monoisotopic (exact) mass is 230 g/mol. The van der Waals surface area contributed by atoms with Gasteiger partial charge in [-0.2, -0.15) is 0 Å². The maximum absolute atomic E-state index is 6.08. The molecule has 0 aliphatic heterocycles. The molecule has 0 saturated carbocycles. The van der Waals surface area contributed by atoms with Gasteiger partial charge in [-0.3, -0.25) is 0 Å². The molecule has 0 aromatic carbocycles. The second kappa shape index (κ2) is 6.34. The van der Waals surface area contributed by atoms with Crippen LogP contribution in [0.1, 0.15) is 33.6 Å². The largest absolute Gasteiger partial charge is 0.122 e. The van der Waals surface area contributed by atoms with Crippen molar-refractivity contribution in [3.05, 3.63) is 0 Å². The zero-order valence-corrected chi connectivity index (χ0v) is 10.1. The maximum atomic E-state index is 6.08. The third-order valence-electron chi connectivity index (χ3n) is 2.11. The smallest absolute Gasteiger partial charge is 0.0660 e. The molecule has 0 bridgehead atoms. The van der Waals surface area contributed by atoms with Crippen LogP contribution in [0.4, 0.5) is 0 Å². The summed E-state index contributed by atoms with van der Waals surface area (Å²) in [4.78, 5) is 0. The molecule has 2 unspecified atom stereocenters. The summed E-state index contributed by atoms with van der Waals surface area (Å²) in [5.41, 5.74) is 0. The fraction of sp³-hybridized carbons (Fsp3) is 1.00. The molecule has 0 fully saturated rings. The van der Waals surface area contributed by atoms with Gasteiger partial charge in [-0.25, -0.2) is 0 Å². The van der Waals surface area contributed by atoms with E-state index in [1.165, 1.54) is 0 Å². The number of alkyl halides is 3. The van der Waals surface area contributed by atoms with Gasteiger partial charge in [-0.05, 0) is 19.3 Å². The summed E-state index contributed by atoms with van der Waals surface area (Å²) in [5, 5.41) is -0.185. The lowest BCUT2D eigenvalue weighted by molar-refractivity contribution is 0.491. The van der Waals surface area contributed by atoms with Crippen molar-refractivity contribution in [1.29, 1.82) is 0 Å². The highest BCUT2D eigenvalue weighted by molar-refractivity contribution is 6.34. The van der Waals surface area contributed by atoms with Gasteiger partial charge in [0.1, 0.15) is 0 Å². The Labute approximate surface area is 90.6 Å². The highest BCUT2D eigenvalue weighted by Crippen LogP contribution is 2.24. The minimum absolute atomic E-state index is 0.00545. The van der Waals surface area contributed by atoms with Crippen LogP contribution in [0.3, 0.4) is 0 Å². The average Bonchev–Trinajstić information content (AvgIpc) is 2.02. The fourth-order valence-corrected chi connectivity index (χ4v) is 1.84. The molecule has 12 heavy (non-hydrogen) atoms. The summed E-state index contributed by atoms with van der Waals surface area (Å²) < 4.78 is 0. The number of halogens is 3. The van der Waals surface area contributed by atoms with Gasteiger partial charge in [0, 0.05) is 5.38 Å². The van der Waals surface area contributed by atoms with Crippen LogP contribution < -0.4 is 0 Å². The van der Waals surface area contributed by atoms with Crippen LogP contribution in [0.2, 0.25) is 0 Å². The molecule has 0 saturated heterocycles. The molecule has 0 spiro atoms. The molecule has 0 aliphatic carbocycles. The minimum atomic E-state index is -0.123. The molecule has 0 amide bonds. The molecule has 4 atom stereocenters. The molecule has 3 heteroatoms. The van der Waals surface area contributed by atoms with Gasteiger partial charge in [0.15, 0.2) is 0 Å². The van der Waals surface area contributed by atoms with Crippen LogP contribution in [0.15, 0.2) is 0 Å². The van der Waals surface area contributed by atoms with Gasteiger partial charge < -0.3 is 0 Å². The van der Waals surface area contributed by atoms with Gasteiger partial charge in [-0.1, -0.05) is 20.3 Å². The van der Waals surface area contributed by atoms with Crippen LogP contribution in [0.25, 0.3) is 0 Å². The van der Waals surface area contributed by atoms with Crippen molar-refractivity contribution in [2.24, 2.45) is 5.92 Å². The minimum Gasteiger partial charge on any atom is -0.122 e. The summed E-state index contributed by atoms with van der Waals surface area (Å²) in [6, 6.07) is 0. The average molecular weight is 232 g/mol. The van der Waals surface area contributed by atoms with Crippen molar-refractivity contribution in [3.63, 3.8) is 0 Å². The van der Waals surface area contributed by atoms with Crippen molar-refractivity contribution in [2.45, 2.75) is 49.7 Å². The second-order valence-corrected chi connectivity index (χ2v) is 5.14. The predicted octanol–water partition coefficient (Wildman–Crippen LogP) is 4.26. The first-order valence-electron chi connectivity index (χ1n) is 4.41. The zero-order chi connectivity index (χ0) is 9.72. The Morgan fingerprint density at radius 3 is 1.92 bits per heavy atom. The topological polar surface area (TPSA) is 0 Å². The van der Waals surface area contributed by atoms with E-state index < -0.39 is 0 Å². The molecule has 0 aliphatic rings. The number of hydrogen-bond donors (Lipinski definition) is 0. The van der Waals surface area contributed by atoms with E-state index in [0.29, 0.717) is 5.92 Å². The summed E-state index contributed by atoms with van der Waals surface area (Å²) in [6.07, 6.45) is 2.09. The van der Waals surface area contributed by atoms with Crippen molar-refractivity contribution < 1.29 is 0 Å². The van der Waals surface area contributed by atoms with Gasteiger partial charge in [0.05, 0.1) is 10.8 Å². The van der Waals surface area contributed by atoms with E-state index >= 15 is 0 Å². The van der Waals surface area contributed by atoms with Crippen molar-refractivity contribution in [1.82, 2.24) is 0 Å². The first-order valence-corrected chi connectivity index (χ1v) is 5.72. The molecular formula is C9H17Cl3. The molecule has 0 N–H and O–H groups in total. The van der Waals surface area contributed by atoms with E-state index in [1.54, 1.807) is 0 Å². The SMILES string of the molecule is CC[C@H](C)CC(Cl)C(Cl)[C@H](C)Cl. The molecule has 74 valence electrons. The van der Waals surface area contributed by atoms with Crippen LogP contribution in [0.5, 0.6) is 0 Å². The van der Waals surface area contributed by atoms with E-state index in [1.807, 2.05) is 6.92 Å². The lowest BCUT2D eigenvalue weighted by Crippen LogP contribution is -2.24. The Morgan fingerprint density at radius 2 is 1.58 bits per heavy atom. The summed E-state index contributed by atoms with van der Waals surface area (Å²) in [5.74, 6) is 0.629.